The van der Waals surface area contributed by atoms with Gasteiger partial charge in [-0.05, 0) is 104 Å². The Morgan fingerprint density at radius 3 is 2.02 bits per heavy atom. The number of carbonyl (C=O) groups excluding carboxylic acids is 1. The molecule has 4 aliphatic rings. The molecule has 0 spiro atoms. The summed E-state index contributed by atoms with van der Waals surface area (Å²) in [6.45, 7) is 1.49. The average molecular weight is 734 g/mol. The van der Waals surface area contributed by atoms with Gasteiger partial charge in [-0.15, -0.1) is 0 Å². The van der Waals surface area contributed by atoms with Crippen LogP contribution in [-0.2, 0) is 30.5 Å². The van der Waals surface area contributed by atoms with Crippen LogP contribution in [0.1, 0.15) is 45.5 Å². The number of halogens is 3. The molecule has 0 saturated heterocycles. The standard InChI is InChI=1S/C40H42F3N3O7/c1-45-13-11-23-17-31(48-3)34-20-27(23)29(45)15-22-7-9-26(10-8-22)52-33-19-25(28(21-32(33)49-4)44-39(47)40(41,42)43)16-30-36-24(12-14-46(30)2)18-35(50-5)37(51-6)38(36)53-34/h7-10,17-21,29-30H,11-16H2,1-6H3,(H,44,47)/t29-,30-/m0/s1. The van der Waals surface area contributed by atoms with Gasteiger partial charge in [0.15, 0.2) is 34.5 Å². The summed E-state index contributed by atoms with van der Waals surface area (Å²) in [5.74, 6) is 1.13. The zero-order valence-electron chi connectivity index (χ0n) is 30.5. The van der Waals surface area contributed by atoms with E-state index >= 15 is 0 Å². The summed E-state index contributed by atoms with van der Waals surface area (Å²) in [5.41, 5.74) is 5.39. The van der Waals surface area contributed by atoms with Crippen molar-refractivity contribution in [3.05, 3.63) is 88.0 Å². The van der Waals surface area contributed by atoms with E-state index in [1.165, 1.54) is 25.8 Å². The Labute approximate surface area is 306 Å². The number of hydrogen-bond donors (Lipinski definition) is 1. The van der Waals surface area contributed by atoms with E-state index in [1.54, 1.807) is 20.3 Å². The molecule has 0 saturated carbocycles. The number of fused-ring (bicyclic) bond motifs is 2. The zero-order chi connectivity index (χ0) is 37.6. The van der Waals surface area contributed by atoms with E-state index in [2.05, 4.69) is 22.2 Å². The van der Waals surface area contributed by atoms with Gasteiger partial charge in [0, 0.05) is 42.5 Å². The number of hydrogen-bond acceptors (Lipinski definition) is 9. The molecule has 13 heteroatoms. The van der Waals surface area contributed by atoms with Crippen molar-refractivity contribution in [3.8, 4) is 46.0 Å². The first kappa shape index (κ1) is 36.2. The SMILES string of the molecule is COc1cc(NC(=O)C(F)(F)F)c2cc1Oc1ccc(cc1)C[C@H]1c3cc(c(OC)cc3CCN1C)Oc1c(OC)c(OC)cc3c1[C@H](C2)N(C)CC3. The predicted molar refractivity (Wildman–Crippen MR) is 192 cm³/mol. The molecule has 0 aliphatic carbocycles. The van der Waals surface area contributed by atoms with E-state index in [1.807, 2.05) is 49.5 Å². The summed E-state index contributed by atoms with van der Waals surface area (Å²) in [6, 6.07) is 16.3. The molecule has 0 unspecified atom stereocenters. The van der Waals surface area contributed by atoms with Gasteiger partial charge in [-0.2, -0.15) is 13.2 Å². The molecule has 0 radical (unpaired) electrons. The van der Waals surface area contributed by atoms with Crippen molar-refractivity contribution in [3.63, 3.8) is 0 Å². The molecule has 4 aromatic rings. The fraction of sp³-hybridized carbons (Fsp3) is 0.375. The maximum Gasteiger partial charge on any atom is 0.471 e. The largest absolute Gasteiger partial charge is 0.493 e. The first-order valence-corrected chi connectivity index (χ1v) is 17.3. The van der Waals surface area contributed by atoms with Crippen LogP contribution >= 0.6 is 0 Å². The van der Waals surface area contributed by atoms with Gasteiger partial charge in [0.2, 0.25) is 5.75 Å². The van der Waals surface area contributed by atoms with Crippen LogP contribution < -0.4 is 33.7 Å². The van der Waals surface area contributed by atoms with E-state index in [9.17, 15) is 18.0 Å². The number of rotatable bonds is 5. The molecule has 8 rings (SSSR count). The van der Waals surface area contributed by atoms with Crippen LogP contribution in [0.15, 0.2) is 54.6 Å². The summed E-state index contributed by atoms with van der Waals surface area (Å²) >= 11 is 0. The Morgan fingerprint density at radius 2 is 1.36 bits per heavy atom. The van der Waals surface area contributed by atoms with Gasteiger partial charge in [0.25, 0.3) is 0 Å². The van der Waals surface area contributed by atoms with Gasteiger partial charge in [0.1, 0.15) is 5.75 Å². The van der Waals surface area contributed by atoms with Gasteiger partial charge in [0.05, 0.1) is 28.4 Å². The van der Waals surface area contributed by atoms with Gasteiger partial charge >= 0.3 is 12.1 Å². The molecule has 2 atom stereocenters. The zero-order valence-corrected chi connectivity index (χ0v) is 30.5. The summed E-state index contributed by atoms with van der Waals surface area (Å²) in [5, 5.41) is 2.09. The summed E-state index contributed by atoms with van der Waals surface area (Å²) in [4.78, 5) is 16.8. The minimum Gasteiger partial charge on any atom is -0.493 e. The van der Waals surface area contributed by atoms with Crippen molar-refractivity contribution in [2.24, 2.45) is 0 Å². The third-order valence-corrected chi connectivity index (χ3v) is 10.5. The second-order valence-electron chi connectivity index (χ2n) is 13.6. The number of nitrogens with one attached hydrogen (secondary N) is 1. The monoisotopic (exact) mass is 733 g/mol. The van der Waals surface area contributed by atoms with Crippen LogP contribution in [0, 0.1) is 0 Å². The van der Waals surface area contributed by atoms with Crippen LogP contribution in [0.4, 0.5) is 18.9 Å². The fourth-order valence-electron chi connectivity index (χ4n) is 7.65. The average Bonchev–Trinajstić information content (AvgIpc) is 3.14. The van der Waals surface area contributed by atoms with Gasteiger partial charge in [-0.1, -0.05) is 12.1 Å². The van der Waals surface area contributed by atoms with Crippen molar-refractivity contribution >= 4 is 11.6 Å². The second kappa shape index (κ2) is 14.4. The lowest BCUT2D eigenvalue weighted by atomic mass is 9.86. The third-order valence-electron chi connectivity index (χ3n) is 10.5. The number of benzene rings is 4. The molecule has 53 heavy (non-hydrogen) atoms. The molecule has 4 aliphatic heterocycles. The summed E-state index contributed by atoms with van der Waals surface area (Å²) in [6.07, 6.45) is -2.79. The molecular weight excluding hydrogens is 691 g/mol. The van der Waals surface area contributed by atoms with Crippen LogP contribution in [0.25, 0.3) is 0 Å². The quantitative estimate of drug-likeness (QED) is 0.222. The van der Waals surface area contributed by atoms with E-state index < -0.39 is 18.1 Å². The molecule has 10 nitrogen and oxygen atoms in total. The minimum absolute atomic E-state index is 0.0414. The normalized spacial score (nSPS) is 18.4. The van der Waals surface area contributed by atoms with Crippen LogP contribution in [-0.4, -0.2) is 77.5 Å². The maximum absolute atomic E-state index is 13.6. The second-order valence-corrected chi connectivity index (χ2v) is 13.6. The number of nitrogens with zero attached hydrogens (tertiary/aromatic N) is 2. The van der Waals surface area contributed by atoms with Crippen molar-refractivity contribution in [1.82, 2.24) is 9.80 Å². The van der Waals surface area contributed by atoms with E-state index in [-0.39, 0.29) is 29.6 Å². The molecule has 0 fully saturated rings. The third kappa shape index (κ3) is 6.91. The minimum atomic E-state index is -5.12. The number of amides is 1. The lowest BCUT2D eigenvalue weighted by molar-refractivity contribution is -0.167. The van der Waals surface area contributed by atoms with E-state index in [4.69, 9.17) is 28.4 Å². The van der Waals surface area contributed by atoms with E-state index in [0.717, 1.165) is 35.2 Å². The van der Waals surface area contributed by atoms with Crippen LogP contribution in [0.5, 0.6) is 46.0 Å². The molecule has 280 valence electrons. The van der Waals surface area contributed by atoms with Crippen molar-refractivity contribution in [2.45, 2.75) is 43.9 Å². The maximum atomic E-state index is 13.6. The number of anilines is 1. The number of ether oxygens (including phenoxy) is 6. The number of alkyl halides is 3. The van der Waals surface area contributed by atoms with Crippen LogP contribution in [0.2, 0.25) is 0 Å². The summed E-state index contributed by atoms with van der Waals surface area (Å²) in [7, 11) is 10.2. The summed E-state index contributed by atoms with van der Waals surface area (Å²) < 4.78 is 77.5. The molecule has 6 bridgehead atoms. The number of carbonyl (C=O) groups is 1. The molecule has 4 heterocycles. The Morgan fingerprint density at radius 1 is 0.736 bits per heavy atom. The fourth-order valence-corrected chi connectivity index (χ4v) is 7.65. The molecule has 0 aromatic heterocycles. The molecular formula is C40H42F3N3O7. The first-order valence-electron chi connectivity index (χ1n) is 17.3. The van der Waals surface area contributed by atoms with Gasteiger partial charge in [-0.25, -0.2) is 0 Å². The first-order chi connectivity index (χ1) is 25.4. The lowest BCUT2D eigenvalue weighted by Gasteiger charge is -2.37. The van der Waals surface area contributed by atoms with Crippen molar-refractivity contribution in [2.75, 3.05) is 60.9 Å². The Balaban J connectivity index is 1.48. The number of methoxy groups -OCH3 is 4. The Bertz CT molecular complexity index is 2040. The molecule has 1 amide bonds. The molecule has 4 aromatic carbocycles. The molecule has 1 N–H and O–H groups in total. The van der Waals surface area contributed by atoms with Crippen LogP contribution in [0.3, 0.4) is 0 Å². The smallest absolute Gasteiger partial charge is 0.471 e. The topological polar surface area (TPSA) is 91.0 Å². The lowest BCUT2D eigenvalue weighted by Crippen LogP contribution is -2.34. The highest BCUT2D eigenvalue weighted by Gasteiger charge is 2.40. The number of likely N-dealkylation sites (N-methyl/N-ethyl adjacent to an activating group) is 2. The van der Waals surface area contributed by atoms with Crippen molar-refractivity contribution < 1.29 is 46.4 Å². The Kier molecular flexibility index (Phi) is 9.81. The Hall–Kier alpha value is -5.14. The predicted octanol–water partition coefficient (Wildman–Crippen LogP) is 7.66. The van der Waals surface area contributed by atoms with Gasteiger partial charge in [-0.3, -0.25) is 14.6 Å². The highest BCUT2D eigenvalue weighted by atomic mass is 19.4. The van der Waals surface area contributed by atoms with Gasteiger partial charge < -0.3 is 33.7 Å². The highest BCUT2D eigenvalue weighted by molar-refractivity contribution is 5.96. The van der Waals surface area contributed by atoms with Crippen molar-refractivity contribution in [1.29, 1.82) is 0 Å². The highest BCUT2D eigenvalue weighted by Crippen LogP contribution is 2.52. The van der Waals surface area contributed by atoms with E-state index in [0.29, 0.717) is 59.4 Å².